The van der Waals surface area contributed by atoms with E-state index in [9.17, 15) is 0 Å². The van der Waals surface area contributed by atoms with Crippen LogP contribution >= 0.6 is 0 Å². The molecule has 3 aromatic rings. The highest BCUT2D eigenvalue weighted by Gasteiger charge is 2.02. The van der Waals surface area contributed by atoms with Gasteiger partial charge in [0.25, 0.3) is 0 Å². The van der Waals surface area contributed by atoms with Gasteiger partial charge in [-0.2, -0.15) is 0 Å². The molecule has 3 nitrogen and oxygen atoms in total. The first-order valence-corrected chi connectivity index (χ1v) is 5.85. The summed E-state index contributed by atoms with van der Waals surface area (Å²) in [6, 6.07) is 10.6. The number of hydrogen-bond acceptors (Lipinski definition) is 1. The number of aromatic nitrogens is 3. The normalized spacial score (nSPS) is 11.1. The second-order valence-corrected chi connectivity index (χ2v) is 4.27. The van der Waals surface area contributed by atoms with Gasteiger partial charge >= 0.3 is 0 Å². The summed E-state index contributed by atoms with van der Waals surface area (Å²) >= 11 is 0. The minimum atomic E-state index is 0.960. The van der Waals surface area contributed by atoms with E-state index in [0.29, 0.717) is 0 Å². The van der Waals surface area contributed by atoms with Gasteiger partial charge in [0.05, 0.1) is 0 Å². The molecular weight excluding hydrogens is 210 g/mol. The molecule has 3 rings (SSSR count). The third-order valence-corrected chi connectivity index (χ3v) is 3.18. The minimum absolute atomic E-state index is 0.960. The Morgan fingerprint density at radius 1 is 1.12 bits per heavy atom. The van der Waals surface area contributed by atoms with Crippen LogP contribution in [-0.4, -0.2) is 14.1 Å². The molecule has 0 amide bonds. The number of fused-ring (bicyclic) bond motifs is 1. The van der Waals surface area contributed by atoms with Crippen LogP contribution in [0.15, 0.2) is 48.9 Å². The minimum Gasteiger partial charge on any atom is -0.347 e. The van der Waals surface area contributed by atoms with Gasteiger partial charge in [0.15, 0.2) is 0 Å². The van der Waals surface area contributed by atoms with Crippen molar-refractivity contribution in [3.05, 3.63) is 54.7 Å². The summed E-state index contributed by atoms with van der Waals surface area (Å²) in [4.78, 5) is 4.34. The van der Waals surface area contributed by atoms with Crippen LogP contribution in [0, 0.1) is 0 Å². The summed E-state index contributed by atoms with van der Waals surface area (Å²) in [6.07, 6.45) is 6.95. The molecular formula is C14H15N3. The summed E-state index contributed by atoms with van der Waals surface area (Å²) in [5.41, 5.74) is 1.29. The molecule has 0 unspecified atom stereocenters. The third kappa shape index (κ3) is 1.84. The van der Waals surface area contributed by atoms with Gasteiger partial charge < -0.3 is 9.13 Å². The topological polar surface area (TPSA) is 22.8 Å². The van der Waals surface area contributed by atoms with Crippen molar-refractivity contribution in [2.24, 2.45) is 7.05 Å². The average molecular weight is 225 g/mol. The molecule has 2 heterocycles. The number of aryl methyl sites for hydroxylation is 3. The quantitative estimate of drug-likeness (QED) is 0.672. The zero-order valence-electron chi connectivity index (χ0n) is 9.87. The smallest absolute Gasteiger partial charge is 0.110 e. The van der Waals surface area contributed by atoms with Gasteiger partial charge in [-0.25, -0.2) is 4.98 Å². The number of hydrogen-bond donors (Lipinski definition) is 0. The van der Waals surface area contributed by atoms with E-state index in [1.165, 1.54) is 10.9 Å². The highest BCUT2D eigenvalue weighted by Crippen LogP contribution is 2.15. The molecule has 0 atom stereocenters. The Morgan fingerprint density at radius 2 is 2.00 bits per heavy atom. The SMILES string of the molecule is Cn1ccnc1CCn1ccc2ccccc21. The predicted octanol–water partition coefficient (Wildman–Crippen LogP) is 2.62. The Bertz CT molecular complexity index is 634. The van der Waals surface area contributed by atoms with Gasteiger partial charge in [-0.3, -0.25) is 0 Å². The van der Waals surface area contributed by atoms with Crippen molar-refractivity contribution in [1.29, 1.82) is 0 Å². The Balaban J connectivity index is 1.84. The van der Waals surface area contributed by atoms with Crippen molar-refractivity contribution < 1.29 is 0 Å². The van der Waals surface area contributed by atoms with Crippen LogP contribution in [0.1, 0.15) is 5.82 Å². The molecule has 1 aromatic carbocycles. The van der Waals surface area contributed by atoms with Gasteiger partial charge in [-0.05, 0) is 17.5 Å². The number of para-hydroxylation sites is 1. The molecule has 0 N–H and O–H groups in total. The fourth-order valence-electron chi connectivity index (χ4n) is 2.19. The number of benzene rings is 1. The lowest BCUT2D eigenvalue weighted by molar-refractivity contribution is 0.668. The van der Waals surface area contributed by atoms with Crippen LogP contribution in [0.4, 0.5) is 0 Å². The number of nitrogens with zero attached hydrogens (tertiary/aromatic N) is 3. The van der Waals surface area contributed by atoms with Crippen LogP contribution < -0.4 is 0 Å². The Morgan fingerprint density at radius 3 is 2.82 bits per heavy atom. The van der Waals surface area contributed by atoms with Crippen LogP contribution in [0.2, 0.25) is 0 Å². The van der Waals surface area contributed by atoms with Crippen molar-refractivity contribution in [2.45, 2.75) is 13.0 Å². The van der Waals surface area contributed by atoms with E-state index in [0.717, 1.165) is 18.8 Å². The van der Waals surface area contributed by atoms with Crippen LogP contribution in [0.3, 0.4) is 0 Å². The first kappa shape index (κ1) is 10.1. The zero-order valence-corrected chi connectivity index (χ0v) is 9.87. The van der Waals surface area contributed by atoms with E-state index in [-0.39, 0.29) is 0 Å². The van der Waals surface area contributed by atoms with Crippen molar-refractivity contribution in [3.63, 3.8) is 0 Å². The van der Waals surface area contributed by atoms with Gasteiger partial charge in [0, 0.05) is 44.1 Å². The molecule has 0 aliphatic carbocycles. The lowest BCUT2D eigenvalue weighted by Gasteiger charge is -2.05. The average Bonchev–Trinajstić information content (AvgIpc) is 2.93. The van der Waals surface area contributed by atoms with Crippen molar-refractivity contribution in [1.82, 2.24) is 14.1 Å². The summed E-state index contributed by atoms with van der Waals surface area (Å²) in [5, 5.41) is 1.30. The van der Waals surface area contributed by atoms with Crippen LogP contribution in [0.5, 0.6) is 0 Å². The van der Waals surface area contributed by atoms with Crippen molar-refractivity contribution in [2.75, 3.05) is 0 Å². The maximum atomic E-state index is 4.34. The molecule has 0 spiro atoms. The van der Waals surface area contributed by atoms with Gasteiger partial charge in [0.2, 0.25) is 0 Å². The lowest BCUT2D eigenvalue weighted by Crippen LogP contribution is -2.04. The first-order valence-electron chi connectivity index (χ1n) is 5.85. The van der Waals surface area contributed by atoms with Gasteiger partial charge in [0.1, 0.15) is 5.82 Å². The molecule has 0 aliphatic rings. The Hall–Kier alpha value is -2.03. The second-order valence-electron chi connectivity index (χ2n) is 4.27. The highest BCUT2D eigenvalue weighted by atomic mass is 15.0. The predicted molar refractivity (Wildman–Crippen MR) is 68.9 cm³/mol. The van der Waals surface area contributed by atoms with Crippen molar-refractivity contribution >= 4 is 10.9 Å². The van der Waals surface area contributed by atoms with Gasteiger partial charge in [-0.15, -0.1) is 0 Å². The van der Waals surface area contributed by atoms with Crippen LogP contribution in [-0.2, 0) is 20.0 Å². The molecule has 0 radical (unpaired) electrons. The monoisotopic (exact) mass is 225 g/mol. The molecule has 3 heteroatoms. The summed E-state index contributed by atoms with van der Waals surface area (Å²) in [7, 11) is 2.04. The fourth-order valence-corrected chi connectivity index (χ4v) is 2.19. The third-order valence-electron chi connectivity index (χ3n) is 3.18. The van der Waals surface area contributed by atoms with E-state index in [1.807, 2.05) is 19.4 Å². The number of imidazole rings is 1. The largest absolute Gasteiger partial charge is 0.347 e. The fraction of sp³-hybridized carbons (Fsp3) is 0.214. The van der Waals surface area contributed by atoms with E-state index < -0.39 is 0 Å². The lowest BCUT2D eigenvalue weighted by atomic mass is 10.2. The molecule has 0 fully saturated rings. The molecule has 17 heavy (non-hydrogen) atoms. The maximum Gasteiger partial charge on any atom is 0.110 e. The Labute approximate surface area is 100 Å². The standard InChI is InChI=1S/C14H15N3/c1-16-11-8-15-14(16)7-10-17-9-6-12-4-2-3-5-13(12)17/h2-6,8-9,11H,7,10H2,1H3. The zero-order chi connectivity index (χ0) is 11.7. The molecule has 0 aliphatic heterocycles. The van der Waals surface area contributed by atoms with E-state index >= 15 is 0 Å². The van der Waals surface area contributed by atoms with E-state index in [4.69, 9.17) is 0 Å². The molecule has 86 valence electrons. The van der Waals surface area contributed by atoms with E-state index in [1.54, 1.807) is 0 Å². The maximum absolute atomic E-state index is 4.34. The molecule has 0 saturated heterocycles. The molecule has 0 bridgehead atoms. The first-order chi connectivity index (χ1) is 8.34. The van der Waals surface area contributed by atoms with E-state index in [2.05, 4.69) is 50.6 Å². The molecule has 0 saturated carbocycles. The second kappa shape index (κ2) is 4.09. The summed E-state index contributed by atoms with van der Waals surface area (Å²) in [6.45, 7) is 0.971. The van der Waals surface area contributed by atoms with Crippen LogP contribution in [0.25, 0.3) is 10.9 Å². The number of rotatable bonds is 3. The summed E-state index contributed by atoms with van der Waals surface area (Å²) in [5.74, 6) is 1.13. The summed E-state index contributed by atoms with van der Waals surface area (Å²) < 4.78 is 4.36. The Kier molecular flexibility index (Phi) is 2.44. The van der Waals surface area contributed by atoms with Crippen molar-refractivity contribution in [3.8, 4) is 0 Å². The highest BCUT2D eigenvalue weighted by molar-refractivity contribution is 5.79. The van der Waals surface area contributed by atoms with Gasteiger partial charge in [-0.1, -0.05) is 18.2 Å². The molecule has 2 aromatic heterocycles.